The zero-order chi connectivity index (χ0) is 82.2. The summed E-state index contributed by atoms with van der Waals surface area (Å²) in [6.45, 7) is 0. The lowest BCUT2D eigenvalue weighted by Crippen LogP contribution is -2.17. The number of aromatic nitrogens is 17. The standard InChI is InChI=1S/C32H21N5.C31H20N6.C25H18N3.C19H13N3/c1-2-10-22(11-3-1)28-18-23(19-29(36-28)27-14-8-9-17-33-27)24-20-34-32(35-21-24)37-30-15-6-4-12-25(30)26-13-5-7-16-31(26)37;1-3-13-29-23(9-1)24-10-2-4-14-30(24)37(29)31-34-19-22(20-35-31)21-17-27(25-11-5-7-15-32-25)36-28(18-21)26-12-6-8-16-33-26;1-2-10-19(11-3-1)27-24-16-8-9-17-26(24)18-25(27)28-22-14-6-4-12-20(22)21-13-5-7-15-23(21)28;1-3-9-16-14(7-1)15-8-2-4-10-17(15)22(16)19-13-21-12-6-5-11-18(21)20-19/h1-21H;1-20H;1-18H;1-13H/q;;+1;. The van der Waals surface area contributed by atoms with Crippen molar-refractivity contribution < 1.29 is 4.40 Å². The maximum Gasteiger partial charge on any atom is 0.293 e. The van der Waals surface area contributed by atoms with Crippen LogP contribution >= 0.6 is 0 Å². The van der Waals surface area contributed by atoms with E-state index in [0.717, 1.165) is 118 Å². The minimum atomic E-state index is 0.630. The molecule has 0 N–H and O–H groups in total. The highest BCUT2D eigenvalue weighted by Gasteiger charge is 2.26. The average molecular weight is 1600 g/mol. The molecule has 0 fully saturated rings. The van der Waals surface area contributed by atoms with Crippen LogP contribution in [0.1, 0.15) is 0 Å². The van der Waals surface area contributed by atoms with Crippen molar-refractivity contribution in [1.29, 1.82) is 0 Å². The summed E-state index contributed by atoms with van der Waals surface area (Å²) in [6, 6.07) is 126. The largest absolute Gasteiger partial charge is 0.305 e. The van der Waals surface area contributed by atoms with Gasteiger partial charge in [-0.3, -0.25) is 33.2 Å². The van der Waals surface area contributed by atoms with Crippen LogP contribution < -0.4 is 4.40 Å². The molecule has 0 saturated carbocycles. The van der Waals surface area contributed by atoms with Crippen molar-refractivity contribution in [2.75, 3.05) is 0 Å². The van der Waals surface area contributed by atoms with E-state index >= 15 is 0 Å². The fourth-order valence-corrected chi connectivity index (χ4v) is 16.9. The van der Waals surface area contributed by atoms with E-state index in [1.165, 1.54) is 65.2 Å². The van der Waals surface area contributed by atoms with Gasteiger partial charge in [0, 0.05) is 115 Å². The van der Waals surface area contributed by atoms with Gasteiger partial charge in [-0.2, -0.15) is 4.57 Å². The van der Waals surface area contributed by atoms with Crippen molar-refractivity contribution in [3.8, 4) is 96.9 Å². The highest BCUT2D eigenvalue weighted by atomic mass is 15.2. The van der Waals surface area contributed by atoms with Gasteiger partial charge in [-0.05, 0) is 151 Å². The summed E-state index contributed by atoms with van der Waals surface area (Å²) in [5, 5.41) is 9.80. The van der Waals surface area contributed by atoms with Crippen LogP contribution in [-0.4, -0.2) is 77.1 Å². The van der Waals surface area contributed by atoms with E-state index in [1.807, 2.05) is 164 Å². The van der Waals surface area contributed by atoms with Gasteiger partial charge in [0.25, 0.3) is 11.5 Å². The number of hydrogen-bond donors (Lipinski definition) is 0. The van der Waals surface area contributed by atoms with Crippen LogP contribution in [0, 0.1) is 0 Å². The zero-order valence-electron chi connectivity index (χ0n) is 66.7. The van der Waals surface area contributed by atoms with Crippen LogP contribution in [0.25, 0.3) is 195 Å². The second-order valence-corrected chi connectivity index (χ2v) is 30.0. The van der Waals surface area contributed by atoms with E-state index in [4.69, 9.17) is 34.9 Å². The molecular weight excluding hydrogens is 1520 g/mol. The Morgan fingerprint density at radius 2 is 0.581 bits per heavy atom. The van der Waals surface area contributed by atoms with E-state index < -0.39 is 0 Å². The first-order valence-corrected chi connectivity index (χ1v) is 41.0. The van der Waals surface area contributed by atoms with Crippen LogP contribution in [0.5, 0.6) is 0 Å². The maximum absolute atomic E-state index is 4.92. The summed E-state index contributed by atoms with van der Waals surface area (Å²) in [5.41, 5.74) is 22.8. The van der Waals surface area contributed by atoms with E-state index in [9.17, 15) is 0 Å². The molecule has 124 heavy (non-hydrogen) atoms. The predicted octanol–water partition coefficient (Wildman–Crippen LogP) is 23.9. The topological polar surface area (TPSA) is 162 Å². The van der Waals surface area contributed by atoms with E-state index in [2.05, 4.69) is 302 Å². The molecule has 25 aromatic rings. The summed E-state index contributed by atoms with van der Waals surface area (Å²) in [6.07, 6.45) is 21.3. The first kappa shape index (κ1) is 73.1. The number of para-hydroxylation sites is 9. The van der Waals surface area contributed by atoms with Crippen molar-refractivity contribution in [2.45, 2.75) is 0 Å². The molecule has 0 radical (unpaired) electrons. The third kappa shape index (κ3) is 13.5. The van der Waals surface area contributed by atoms with Gasteiger partial charge in [0.1, 0.15) is 11.3 Å². The fourth-order valence-electron chi connectivity index (χ4n) is 16.9. The molecule has 0 amide bonds. The molecule has 0 aliphatic heterocycles. The molecule has 0 bridgehead atoms. The molecule has 0 atom stereocenters. The number of pyridine rings is 7. The van der Waals surface area contributed by atoms with E-state index in [0.29, 0.717) is 11.9 Å². The minimum absolute atomic E-state index is 0.630. The van der Waals surface area contributed by atoms with Crippen molar-refractivity contribution >= 4 is 98.5 Å². The molecule has 0 spiro atoms. The number of benzene rings is 10. The maximum atomic E-state index is 4.92. The third-order valence-electron chi connectivity index (χ3n) is 22.6. The van der Waals surface area contributed by atoms with Crippen LogP contribution in [0.3, 0.4) is 0 Å². The highest BCUT2D eigenvalue weighted by Crippen LogP contribution is 2.39. The third-order valence-corrected chi connectivity index (χ3v) is 22.6. The van der Waals surface area contributed by atoms with Gasteiger partial charge in [0.2, 0.25) is 11.9 Å². The Kier molecular flexibility index (Phi) is 18.8. The average Bonchev–Trinajstić information content (AvgIpc) is 1.62. The Hall–Kier alpha value is -17.3. The predicted molar refractivity (Wildman–Crippen MR) is 497 cm³/mol. The lowest BCUT2D eigenvalue weighted by molar-refractivity contribution is -0.510. The summed E-state index contributed by atoms with van der Waals surface area (Å²) in [7, 11) is 0. The van der Waals surface area contributed by atoms with Gasteiger partial charge in [0.05, 0.1) is 96.4 Å². The molecule has 0 aliphatic carbocycles. The quantitative estimate of drug-likeness (QED) is 0.114. The van der Waals surface area contributed by atoms with Crippen LogP contribution in [-0.2, 0) is 0 Å². The number of imidazole rings is 2. The van der Waals surface area contributed by atoms with Crippen molar-refractivity contribution in [3.05, 3.63) is 438 Å². The van der Waals surface area contributed by atoms with Crippen molar-refractivity contribution in [1.82, 2.24) is 77.1 Å². The smallest absolute Gasteiger partial charge is 0.293 e. The highest BCUT2D eigenvalue weighted by molar-refractivity contribution is 6.12. The normalized spacial score (nSPS) is 11.4. The van der Waals surface area contributed by atoms with E-state index in [-0.39, 0.29) is 0 Å². The molecule has 10 aromatic carbocycles. The molecule has 0 aliphatic rings. The minimum Gasteiger partial charge on any atom is -0.305 e. The Morgan fingerprint density at radius 1 is 0.234 bits per heavy atom. The number of rotatable bonds is 11. The Labute approximate surface area is 710 Å². The second kappa shape index (κ2) is 31.9. The lowest BCUT2D eigenvalue weighted by atomic mass is 10.0. The monoisotopic (exact) mass is 1590 g/mol. The molecule has 17 nitrogen and oxygen atoms in total. The van der Waals surface area contributed by atoms with Crippen LogP contribution in [0.15, 0.2) is 438 Å². The lowest BCUT2D eigenvalue weighted by Gasteiger charge is -2.10. The molecular formula is C107H72N17+. The molecule has 25 rings (SSSR count). The van der Waals surface area contributed by atoms with Crippen LogP contribution in [0.2, 0.25) is 0 Å². The molecule has 15 aromatic heterocycles. The molecule has 0 saturated heterocycles. The van der Waals surface area contributed by atoms with Gasteiger partial charge in [-0.1, -0.05) is 224 Å². The zero-order valence-corrected chi connectivity index (χ0v) is 66.7. The van der Waals surface area contributed by atoms with Crippen LogP contribution in [0.4, 0.5) is 0 Å². The SMILES string of the molecule is c1ccc(-c2cc(-c3cnc(-n4c5ccccc5c5ccccc54)nc3)cc(-c3ccccn3)n2)cc1.c1ccc(-c2cc(-c3cnc(-n4c5ccccc5c5ccccc54)nc3)cc(-c3ccccn3)n2)nc1.c1ccc(-n2c(-n3c4ccccc4c4ccccc43)c[n+]3ccccc23)cc1.c1ccc2c(c1)c1ccccc1n2-c1cn2ccccc2n1. The summed E-state index contributed by atoms with van der Waals surface area (Å²) < 4.78 is 15.4. The first-order chi connectivity index (χ1) is 61.5. The van der Waals surface area contributed by atoms with Crippen molar-refractivity contribution in [2.24, 2.45) is 0 Å². The molecule has 17 heteroatoms. The van der Waals surface area contributed by atoms with Gasteiger partial charge >= 0.3 is 0 Å². The Morgan fingerprint density at radius 3 is 0.984 bits per heavy atom. The molecule has 0 unspecified atom stereocenters. The van der Waals surface area contributed by atoms with Gasteiger partial charge in [-0.15, -0.1) is 0 Å². The Balaban J connectivity index is 0.000000100. The number of fused-ring (bicyclic) bond motifs is 14. The second-order valence-electron chi connectivity index (χ2n) is 30.0. The summed E-state index contributed by atoms with van der Waals surface area (Å²) in [5.74, 6) is 3.34. The summed E-state index contributed by atoms with van der Waals surface area (Å²) >= 11 is 0. The van der Waals surface area contributed by atoms with Crippen molar-refractivity contribution in [3.63, 3.8) is 0 Å². The fraction of sp³-hybridized carbons (Fsp3) is 0. The molecule has 15 heterocycles. The number of nitrogens with zero attached hydrogens (tertiary/aromatic N) is 17. The first-order valence-electron chi connectivity index (χ1n) is 41.0. The Bertz CT molecular complexity index is 7580. The summed E-state index contributed by atoms with van der Waals surface area (Å²) in [4.78, 5) is 47.3. The van der Waals surface area contributed by atoms with Gasteiger partial charge in [-0.25, -0.2) is 39.3 Å². The van der Waals surface area contributed by atoms with E-state index in [1.54, 1.807) is 18.6 Å². The van der Waals surface area contributed by atoms with Gasteiger partial charge in [0.15, 0.2) is 12.0 Å². The number of hydrogen-bond acceptors (Lipinski definition) is 10. The molecule has 584 valence electrons. The van der Waals surface area contributed by atoms with Gasteiger partial charge < -0.3 is 4.40 Å².